The first-order valence-corrected chi connectivity index (χ1v) is 7.82. The van der Waals surface area contributed by atoms with E-state index in [9.17, 15) is 14.9 Å². The van der Waals surface area contributed by atoms with E-state index in [-0.39, 0.29) is 11.6 Å². The highest BCUT2D eigenvalue weighted by molar-refractivity contribution is 9.10. The normalized spacial score (nSPS) is 15.1. The summed E-state index contributed by atoms with van der Waals surface area (Å²) >= 11 is 3.10. The van der Waals surface area contributed by atoms with Gasteiger partial charge in [-0.25, -0.2) is 0 Å². The largest absolute Gasteiger partial charge is 0.352 e. The monoisotopic (exact) mass is 355 g/mol. The predicted octanol–water partition coefficient (Wildman–Crippen LogP) is 2.57. The molecule has 1 heterocycles. The van der Waals surface area contributed by atoms with E-state index < -0.39 is 4.92 Å². The van der Waals surface area contributed by atoms with Crippen molar-refractivity contribution in [2.45, 2.75) is 19.3 Å². The van der Waals surface area contributed by atoms with Gasteiger partial charge in [0.1, 0.15) is 0 Å². The average Bonchev–Trinajstić information content (AvgIpc) is 2.96. The molecule has 1 aliphatic rings. The first-order valence-electron chi connectivity index (χ1n) is 7.02. The van der Waals surface area contributed by atoms with Gasteiger partial charge in [0.15, 0.2) is 0 Å². The number of nitrogens with one attached hydrogen (secondary N) is 1. The topological polar surface area (TPSA) is 75.5 Å². The van der Waals surface area contributed by atoms with Crippen molar-refractivity contribution in [3.63, 3.8) is 0 Å². The second-order valence-corrected chi connectivity index (χ2v) is 5.94. The molecule has 1 aromatic carbocycles. The standard InChI is InChI=1S/C14H18BrN3O3/c15-12-5-4-11(10-13(12)18(20)21)14(19)16-6-3-9-17-7-1-2-8-17/h4-5,10H,1-3,6-9H2,(H,16,19). The first-order chi connectivity index (χ1) is 10.1. The second-order valence-electron chi connectivity index (χ2n) is 5.08. The van der Waals surface area contributed by atoms with Crippen LogP contribution in [0.3, 0.4) is 0 Å². The molecule has 6 nitrogen and oxygen atoms in total. The number of benzene rings is 1. The molecule has 0 spiro atoms. The first kappa shape index (κ1) is 15.9. The minimum Gasteiger partial charge on any atom is -0.352 e. The average molecular weight is 356 g/mol. The number of nitro groups is 1. The van der Waals surface area contributed by atoms with E-state index in [1.807, 2.05) is 0 Å². The summed E-state index contributed by atoms with van der Waals surface area (Å²) < 4.78 is 0.373. The molecule has 114 valence electrons. The van der Waals surface area contributed by atoms with Crippen LogP contribution in [0.5, 0.6) is 0 Å². The molecule has 0 atom stereocenters. The maximum atomic E-state index is 12.0. The zero-order valence-electron chi connectivity index (χ0n) is 11.7. The summed E-state index contributed by atoms with van der Waals surface area (Å²) in [5.74, 6) is -0.271. The molecule has 21 heavy (non-hydrogen) atoms. The molecule has 1 saturated heterocycles. The van der Waals surface area contributed by atoms with Crippen molar-refractivity contribution in [1.29, 1.82) is 0 Å². The SMILES string of the molecule is O=C(NCCCN1CCCC1)c1ccc(Br)c([N+](=O)[O-])c1. The van der Waals surface area contributed by atoms with Gasteiger partial charge in [0, 0.05) is 18.2 Å². The highest BCUT2D eigenvalue weighted by Crippen LogP contribution is 2.25. The van der Waals surface area contributed by atoms with E-state index in [4.69, 9.17) is 0 Å². The Morgan fingerprint density at radius 2 is 2.10 bits per heavy atom. The van der Waals surface area contributed by atoms with Crippen LogP contribution in [-0.4, -0.2) is 41.9 Å². The van der Waals surface area contributed by atoms with Crippen LogP contribution in [0.2, 0.25) is 0 Å². The van der Waals surface area contributed by atoms with Gasteiger partial charge in [-0.2, -0.15) is 0 Å². The number of nitro benzene ring substituents is 1. The van der Waals surface area contributed by atoms with Crippen molar-refractivity contribution in [3.05, 3.63) is 38.3 Å². The van der Waals surface area contributed by atoms with Crippen LogP contribution in [0.15, 0.2) is 22.7 Å². The molecule has 1 amide bonds. The number of likely N-dealkylation sites (tertiary alicyclic amines) is 1. The molecule has 1 fully saturated rings. The van der Waals surface area contributed by atoms with Gasteiger partial charge in [0.05, 0.1) is 9.40 Å². The third-order valence-electron chi connectivity index (χ3n) is 3.54. The van der Waals surface area contributed by atoms with Gasteiger partial charge < -0.3 is 10.2 Å². The van der Waals surface area contributed by atoms with Gasteiger partial charge in [-0.3, -0.25) is 14.9 Å². The number of carbonyl (C=O) groups is 1. The minimum absolute atomic E-state index is 0.0975. The molecule has 1 aliphatic heterocycles. The molecule has 0 unspecified atom stereocenters. The van der Waals surface area contributed by atoms with Crippen molar-refractivity contribution in [1.82, 2.24) is 10.2 Å². The highest BCUT2D eigenvalue weighted by Gasteiger charge is 2.16. The molecular weight excluding hydrogens is 338 g/mol. The van der Waals surface area contributed by atoms with Crippen molar-refractivity contribution in [2.24, 2.45) is 0 Å². The number of nitrogens with zero attached hydrogens (tertiary/aromatic N) is 2. The summed E-state index contributed by atoms with van der Waals surface area (Å²) in [6.07, 6.45) is 3.41. The molecule has 1 N–H and O–H groups in total. The fraction of sp³-hybridized carbons (Fsp3) is 0.500. The number of amides is 1. The third kappa shape index (κ3) is 4.50. The Morgan fingerprint density at radius 3 is 2.76 bits per heavy atom. The van der Waals surface area contributed by atoms with Gasteiger partial charge in [0.2, 0.25) is 0 Å². The maximum absolute atomic E-state index is 12.0. The lowest BCUT2D eigenvalue weighted by Crippen LogP contribution is -2.28. The number of hydrogen-bond acceptors (Lipinski definition) is 4. The molecule has 0 saturated carbocycles. The molecule has 2 rings (SSSR count). The quantitative estimate of drug-likeness (QED) is 0.483. The summed E-state index contributed by atoms with van der Waals surface area (Å²) in [6, 6.07) is 4.39. The van der Waals surface area contributed by atoms with E-state index in [0.29, 0.717) is 16.6 Å². The summed E-state index contributed by atoms with van der Waals surface area (Å²) in [4.78, 5) is 24.7. The van der Waals surface area contributed by atoms with E-state index >= 15 is 0 Å². The molecule has 1 aromatic rings. The van der Waals surface area contributed by atoms with Crippen LogP contribution in [0.4, 0.5) is 5.69 Å². The lowest BCUT2D eigenvalue weighted by Gasteiger charge is -2.14. The Bertz CT molecular complexity index is 530. The molecular formula is C14H18BrN3O3. The summed E-state index contributed by atoms with van der Waals surface area (Å²) in [5, 5.41) is 13.6. The smallest absolute Gasteiger partial charge is 0.284 e. The van der Waals surface area contributed by atoms with Gasteiger partial charge in [0.25, 0.3) is 11.6 Å². The van der Waals surface area contributed by atoms with Crippen molar-refractivity contribution < 1.29 is 9.72 Å². The molecule has 0 bridgehead atoms. The number of halogens is 1. The molecule has 7 heteroatoms. The number of rotatable bonds is 6. The third-order valence-corrected chi connectivity index (χ3v) is 4.21. The molecule has 0 radical (unpaired) electrons. The highest BCUT2D eigenvalue weighted by atomic mass is 79.9. The van der Waals surface area contributed by atoms with Crippen LogP contribution >= 0.6 is 15.9 Å². The van der Waals surface area contributed by atoms with Gasteiger partial charge in [-0.15, -0.1) is 0 Å². The van der Waals surface area contributed by atoms with Crippen LogP contribution < -0.4 is 5.32 Å². The Morgan fingerprint density at radius 1 is 1.38 bits per heavy atom. The summed E-state index contributed by atoms with van der Waals surface area (Å²) in [6.45, 7) is 3.86. The van der Waals surface area contributed by atoms with Gasteiger partial charge in [-0.1, -0.05) is 0 Å². The van der Waals surface area contributed by atoms with E-state index in [0.717, 1.165) is 26.1 Å². The lowest BCUT2D eigenvalue weighted by atomic mass is 10.2. The molecule has 0 aromatic heterocycles. The second kappa shape index (κ2) is 7.51. The molecule has 0 aliphatic carbocycles. The lowest BCUT2D eigenvalue weighted by molar-refractivity contribution is -0.385. The van der Waals surface area contributed by atoms with E-state index in [1.165, 1.54) is 25.0 Å². The Labute approximate surface area is 131 Å². The fourth-order valence-electron chi connectivity index (χ4n) is 2.41. The van der Waals surface area contributed by atoms with Crippen molar-refractivity contribution in [2.75, 3.05) is 26.2 Å². The summed E-state index contributed by atoms with van der Waals surface area (Å²) in [5.41, 5.74) is 0.214. The zero-order chi connectivity index (χ0) is 15.2. The maximum Gasteiger partial charge on any atom is 0.284 e. The van der Waals surface area contributed by atoms with Crippen molar-refractivity contribution >= 4 is 27.5 Å². The van der Waals surface area contributed by atoms with E-state index in [1.54, 1.807) is 6.07 Å². The summed E-state index contributed by atoms with van der Waals surface area (Å²) in [7, 11) is 0. The van der Waals surface area contributed by atoms with Crippen LogP contribution in [0, 0.1) is 10.1 Å². The Balaban J connectivity index is 1.82. The van der Waals surface area contributed by atoms with E-state index in [2.05, 4.69) is 26.1 Å². The number of carbonyl (C=O) groups excluding carboxylic acids is 1. The predicted molar refractivity (Wildman–Crippen MR) is 83.4 cm³/mol. The Hall–Kier alpha value is -1.47. The van der Waals surface area contributed by atoms with Crippen LogP contribution in [0.1, 0.15) is 29.6 Å². The van der Waals surface area contributed by atoms with Gasteiger partial charge in [-0.05, 0) is 67.0 Å². The van der Waals surface area contributed by atoms with Crippen LogP contribution in [0.25, 0.3) is 0 Å². The fourth-order valence-corrected chi connectivity index (χ4v) is 2.80. The Kier molecular flexibility index (Phi) is 5.69. The zero-order valence-corrected chi connectivity index (χ0v) is 13.3. The minimum atomic E-state index is -0.506. The number of hydrogen-bond donors (Lipinski definition) is 1. The van der Waals surface area contributed by atoms with Crippen LogP contribution in [-0.2, 0) is 0 Å². The van der Waals surface area contributed by atoms with Gasteiger partial charge >= 0.3 is 0 Å². The van der Waals surface area contributed by atoms with Crippen molar-refractivity contribution in [3.8, 4) is 0 Å².